The third-order valence-corrected chi connectivity index (χ3v) is 3.88. The third-order valence-electron chi connectivity index (χ3n) is 3.88. The Hall–Kier alpha value is -2.51. The van der Waals surface area contributed by atoms with Crippen LogP contribution in [0.2, 0.25) is 0 Å². The van der Waals surface area contributed by atoms with Crippen LogP contribution in [0.1, 0.15) is 37.6 Å². The minimum atomic E-state index is -4.86. The summed E-state index contributed by atoms with van der Waals surface area (Å²) in [6.07, 6.45) is -5.09. The first kappa shape index (κ1) is 18.8. The SMILES string of the molecule is Cc1c(CCC(=O)O)c(=O)c2cc(OC(F)(F)F)ccc2n1C(C)C. The maximum Gasteiger partial charge on any atom is 0.573 e. The molecule has 2 rings (SSSR count). The van der Waals surface area contributed by atoms with E-state index in [9.17, 15) is 22.8 Å². The van der Waals surface area contributed by atoms with Crippen molar-refractivity contribution in [2.75, 3.05) is 0 Å². The van der Waals surface area contributed by atoms with E-state index in [2.05, 4.69) is 4.74 Å². The molecule has 25 heavy (non-hydrogen) atoms. The highest BCUT2D eigenvalue weighted by molar-refractivity contribution is 5.82. The van der Waals surface area contributed by atoms with E-state index in [4.69, 9.17) is 5.11 Å². The predicted octanol–water partition coefficient (Wildman–Crippen LogP) is 3.81. The van der Waals surface area contributed by atoms with Gasteiger partial charge in [0.15, 0.2) is 5.43 Å². The molecule has 0 unspecified atom stereocenters. The first-order valence-corrected chi connectivity index (χ1v) is 7.66. The summed E-state index contributed by atoms with van der Waals surface area (Å²) in [4.78, 5) is 23.5. The van der Waals surface area contributed by atoms with Crippen molar-refractivity contribution in [3.05, 3.63) is 39.7 Å². The van der Waals surface area contributed by atoms with Crippen molar-refractivity contribution in [3.63, 3.8) is 0 Å². The van der Waals surface area contributed by atoms with Crippen LogP contribution < -0.4 is 10.2 Å². The summed E-state index contributed by atoms with van der Waals surface area (Å²) < 4.78 is 43.0. The molecular weight excluding hydrogens is 339 g/mol. The maximum atomic E-state index is 12.7. The summed E-state index contributed by atoms with van der Waals surface area (Å²) in [5.41, 5.74) is 0.898. The topological polar surface area (TPSA) is 68.5 Å². The molecule has 0 atom stereocenters. The van der Waals surface area contributed by atoms with Gasteiger partial charge in [0.25, 0.3) is 0 Å². The number of ether oxygens (including phenoxy) is 1. The number of aliphatic carboxylic acids is 1. The summed E-state index contributed by atoms with van der Waals surface area (Å²) in [5.74, 6) is -1.54. The van der Waals surface area contributed by atoms with E-state index < -0.39 is 23.5 Å². The molecule has 0 radical (unpaired) electrons. The van der Waals surface area contributed by atoms with Gasteiger partial charge in [0.1, 0.15) is 5.75 Å². The Kier molecular flexibility index (Phi) is 5.10. The van der Waals surface area contributed by atoms with E-state index in [1.807, 2.05) is 18.4 Å². The van der Waals surface area contributed by atoms with Crippen LogP contribution in [-0.4, -0.2) is 22.0 Å². The Morgan fingerprint density at radius 3 is 2.48 bits per heavy atom. The third kappa shape index (κ3) is 4.12. The molecule has 0 aliphatic carbocycles. The van der Waals surface area contributed by atoms with Gasteiger partial charge in [0, 0.05) is 29.1 Å². The molecule has 0 aliphatic heterocycles. The number of hydrogen-bond donors (Lipinski definition) is 1. The van der Waals surface area contributed by atoms with Gasteiger partial charge < -0.3 is 14.4 Å². The summed E-state index contributed by atoms with van der Waals surface area (Å²) in [6, 6.07) is 3.55. The zero-order valence-corrected chi connectivity index (χ0v) is 14.0. The number of hydrogen-bond acceptors (Lipinski definition) is 3. The second-order valence-electron chi connectivity index (χ2n) is 5.98. The fourth-order valence-electron chi connectivity index (χ4n) is 2.95. The molecule has 0 saturated heterocycles. The molecule has 1 heterocycles. The lowest BCUT2D eigenvalue weighted by molar-refractivity contribution is -0.274. The van der Waals surface area contributed by atoms with Crippen molar-refractivity contribution < 1.29 is 27.8 Å². The quantitative estimate of drug-likeness (QED) is 0.884. The average molecular weight is 357 g/mol. The van der Waals surface area contributed by atoms with Crippen molar-refractivity contribution in [1.29, 1.82) is 0 Å². The van der Waals surface area contributed by atoms with E-state index in [-0.39, 0.29) is 29.8 Å². The molecule has 2 aromatic rings. The highest BCUT2D eigenvalue weighted by atomic mass is 19.4. The van der Waals surface area contributed by atoms with Crippen molar-refractivity contribution in [2.24, 2.45) is 0 Å². The Labute approximate surface area is 141 Å². The number of alkyl halides is 3. The number of pyridine rings is 1. The molecule has 1 aromatic heterocycles. The van der Waals surface area contributed by atoms with Gasteiger partial charge in [0.05, 0.1) is 5.52 Å². The van der Waals surface area contributed by atoms with Gasteiger partial charge in [-0.2, -0.15) is 0 Å². The van der Waals surface area contributed by atoms with E-state index in [1.165, 1.54) is 6.07 Å². The number of carbonyl (C=O) groups is 1. The van der Waals surface area contributed by atoms with Crippen LogP contribution in [0.25, 0.3) is 10.9 Å². The normalized spacial score (nSPS) is 12.0. The first-order chi connectivity index (χ1) is 11.5. The largest absolute Gasteiger partial charge is 0.573 e. The van der Waals surface area contributed by atoms with Crippen LogP contribution in [0.5, 0.6) is 5.75 Å². The van der Waals surface area contributed by atoms with Crippen LogP contribution in [0.15, 0.2) is 23.0 Å². The molecule has 5 nitrogen and oxygen atoms in total. The van der Waals surface area contributed by atoms with Crippen LogP contribution in [0.4, 0.5) is 13.2 Å². The number of halogens is 3. The van der Waals surface area contributed by atoms with Crippen LogP contribution in [0.3, 0.4) is 0 Å². The molecule has 8 heteroatoms. The lowest BCUT2D eigenvalue weighted by atomic mass is 10.0. The molecule has 0 saturated carbocycles. The number of aromatic nitrogens is 1. The van der Waals surface area contributed by atoms with Crippen LogP contribution >= 0.6 is 0 Å². The van der Waals surface area contributed by atoms with Crippen molar-refractivity contribution in [3.8, 4) is 5.75 Å². The van der Waals surface area contributed by atoms with E-state index in [0.717, 1.165) is 12.1 Å². The fraction of sp³-hybridized carbons (Fsp3) is 0.412. The second kappa shape index (κ2) is 6.78. The summed E-state index contributed by atoms with van der Waals surface area (Å²) in [7, 11) is 0. The number of carboxylic acids is 1. The maximum absolute atomic E-state index is 12.7. The number of fused-ring (bicyclic) bond motifs is 1. The molecular formula is C17H18F3NO4. The molecule has 0 fully saturated rings. The van der Waals surface area contributed by atoms with Gasteiger partial charge in [0.2, 0.25) is 0 Å². The van der Waals surface area contributed by atoms with Crippen LogP contribution in [0, 0.1) is 6.92 Å². The fourth-order valence-corrected chi connectivity index (χ4v) is 2.95. The Bertz CT molecular complexity index is 869. The lowest BCUT2D eigenvalue weighted by Gasteiger charge is -2.21. The van der Waals surface area contributed by atoms with Gasteiger partial charge in [-0.05, 0) is 45.4 Å². The molecule has 0 aliphatic rings. The minimum Gasteiger partial charge on any atom is -0.481 e. The summed E-state index contributed by atoms with van der Waals surface area (Å²) >= 11 is 0. The van der Waals surface area contributed by atoms with Gasteiger partial charge in [-0.1, -0.05) is 0 Å². The van der Waals surface area contributed by atoms with E-state index >= 15 is 0 Å². The van der Waals surface area contributed by atoms with Gasteiger partial charge >= 0.3 is 12.3 Å². The summed E-state index contributed by atoms with van der Waals surface area (Å²) in [5, 5.41) is 8.94. The lowest BCUT2D eigenvalue weighted by Crippen LogP contribution is -2.22. The standard InChI is InChI=1S/C17H18F3NO4/c1-9(2)21-10(3)12(5-7-15(22)23)16(24)13-8-11(4-6-14(13)21)25-17(18,19)20/h4,6,8-9H,5,7H2,1-3H3,(H,22,23). The molecule has 1 N–H and O–H groups in total. The number of carboxylic acid groups (broad SMARTS) is 1. The molecule has 1 aromatic carbocycles. The second-order valence-corrected chi connectivity index (χ2v) is 5.98. The van der Waals surface area contributed by atoms with Crippen molar-refractivity contribution >= 4 is 16.9 Å². The van der Waals surface area contributed by atoms with Gasteiger partial charge in [-0.15, -0.1) is 13.2 Å². The van der Waals surface area contributed by atoms with E-state index in [1.54, 1.807) is 6.92 Å². The number of rotatable bonds is 5. The van der Waals surface area contributed by atoms with Gasteiger partial charge in [-0.3, -0.25) is 9.59 Å². The van der Waals surface area contributed by atoms with Crippen molar-refractivity contribution in [2.45, 2.75) is 46.0 Å². The summed E-state index contributed by atoms with van der Waals surface area (Å²) in [6.45, 7) is 5.45. The molecule has 0 bridgehead atoms. The molecule has 0 spiro atoms. The van der Waals surface area contributed by atoms with Gasteiger partial charge in [-0.25, -0.2) is 0 Å². The molecule has 136 valence electrons. The highest BCUT2D eigenvalue weighted by Crippen LogP contribution is 2.28. The highest BCUT2D eigenvalue weighted by Gasteiger charge is 2.31. The Morgan fingerprint density at radius 1 is 1.32 bits per heavy atom. The zero-order chi connectivity index (χ0) is 18.9. The molecule has 0 amide bonds. The number of nitrogens with zero attached hydrogens (tertiary/aromatic N) is 1. The van der Waals surface area contributed by atoms with E-state index in [0.29, 0.717) is 11.2 Å². The minimum absolute atomic E-state index is 0.00696. The monoisotopic (exact) mass is 357 g/mol. The smallest absolute Gasteiger partial charge is 0.481 e. The van der Waals surface area contributed by atoms with Crippen LogP contribution in [-0.2, 0) is 11.2 Å². The average Bonchev–Trinajstić information content (AvgIpc) is 2.45. The zero-order valence-electron chi connectivity index (χ0n) is 14.0. The Morgan fingerprint density at radius 2 is 1.96 bits per heavy atom. The van der Waals surface area contributed by atoms with Crippen molar-refractivity contribution in [1.82, 2.24) is 4.57 Å². The number of benzene rings is 1. The first-order valence-electron chi connectivity index (χ1n) is 7.66. The predicted molar refractivity (Wildman–Crippen MR) is 86.0 cm³/mol. The Balaban J connectivity index is 2.72.